The molecule has 0 aliphatic carbocycles. The molecule has 0 aliphatic rings. The SMILES string of the molecule is CC(=O)NNC(=O)COC(=O)COc1cc(C(C)C)ccc1C. The maximum Gasteiger partial charge on any atom is 0.344 e. The summed E-state index contributed by atoms with van der Waals surface area (Å²) in [5, 5.41) is 0. The van der Waals surface area contributed by atoms with Crippen LogP contribution in [0, 0.1) is 6.92 Å². The van der Waals surface area contributed by atoms with E-state index in [9.17, 15) is 14.4 Å². The number of benzene rings is 1. The predicted molar refractivity (Wildman–Crippen MR) is 83.7 cm³/mol. The van der Waals surface area contributed by atoms with Gasteiger partial charge >= 0.3 is 5.97 Å². The average molecular weight is 322 g/mol. The Hall–Kier alpha value is -2.57. The third-order valence-corrected chi connectivity index (χ3v) is 2.97. The van der Waals surface area contributed by atoms with Crippen molar-refractivity contribution in [1.29, 1.82) is 0 Å². The molecule has 0 atom stereocenters. The molecule has 0 fully saturated rings. The summed E-state index contributed by atoms with van der Waals surface area (Å²) in [4.78, 5) is 33.4. The average Bonchev–Trinajstić information content (AvgIpc) is 2.49. The zero-order valence-corrected chi connectivity index (χ0v) is 13.8. The maximum atomic E-state index is 11.6. The molecule has 0 heterocycles. The second kappa shape index (κ2) is 8.77. The Morgan fingerprint density at radius 1 is 1.13 bits per heavy atom. The van der Waals surface area contributed by atoms with Crippen LogP contribution in [0.25, 0.3) is 0 Å². The first-order chi connectivity index (χ1) is 10.8. The lowest BCUT2D eigenvalue weighted by Gasteiger charge is -2.12. The van der Waals surface area contributed by atoms with E-state index in [0.29, 0.717) is 11.7 Å². The minimum atomic E-state index is -0.669. The highest BCUT2D eigenvalue weighted by Gasteiger charge is 2.10. The topological polar surface area (TPSA) is 93.7 Å². The molecular formula is C16H22N2O5. The fraction of sp³-hybridized carbons (Fsp3) is 0.438. The van der Waals surface area contributed by atoms with E-state index < -0.39 is 24.4 Å². The molecule has 0 bridgehead atoms. The van der Waals surface area contributed by atoms with E-state index in [-0.39, 0.29) is 6.61 Å². The van der Waals surface area contributed by atoms with E-state index in [2.05, 4.69) is 24.7 Å². The molecule has 2 N–H and O–H groups in total. The van der Waals surface area contributed by atoms with Gasteiger partial charge in [-0.2, -0.15) is 0 Å². The van der Waals surface area contributed by atoms with Crippen LogP contribution in [0.1, 0.15) is 37.8 Å². The molecule has 0 unspecified atom stereocenters. The number of esters is 1. The van der Waals surface area contributed by atoms with Crippen LogP contribution < -0.4 is 15.6 Å². The fourth-order valence-electron chi connectivity index (χ4n) is 1.65. The number of carbonyl (C=O) groups excluding carboxylic acids is 3. The molecule has 0 spiro atoms. The highest BCUT2D eigenvalue weighted by atomic mass is 16.6. The Morgan fingerprint density at radius 3 is 2.43 bits per heavy atom. The molecule has 0 aliphatic heterocycles. The van der Waals surface area contributed by atoms with Crippen molar-refractivity contribution in [2.24, 2.45) is 0 Å². The minimum absolute atomic E-state index is 0.296. The van der Waals surface area contributed by atoms with Crippen molar-refractivity contribution in [3.63, 3.8) is 0 Å². The zero-order chi connectivity index (χ0) is 17.4. The number of aryl methyl sites for hydroxylation is 1. The van der Waals surface area contributed by atoms with Crippen LogP contribution in [0.5, 0.6) is 5.75 Å². The van der Waals surface area contributed by atoms with Gasteiger partial charge in [0.2, 0.25) is 5.91 Å². The molecular weight excluding hydrogens is 300 g/mol. The number of amides is 2. The molecule has 1 aromatic rings. The fourth-order valence-corrected chi connectivity index (χ4v) is 1.65. The first-order valence-corrected chi connectivity index (χ1v) is 7.24. The number of nitrogens with one attached hydrogen (secondary N) is 2. The molecule has 0 saturated carbocycles. The highest BCUT2D eigenvalue weighted by molar-refractivity contribution is 5.83. The summed E-state index contributed by atoms with van der Waals surface area (Å²) in [5.41, 5.74) is 6.19. The highest BCUT2D eigenvalue weighted by Crippen LogP contribution is 2.24. The van der Waals surface area contributed by atoms with E-state index >= 15 is 0 Å². The van der Waals surface area contributed by atoms with Gasteiger partial charge in [0.05, 0.1) is 0 Å². The van der Waals surface area contributed by atoms with Crippen molar-refractivity contribution in [3.8, 4) is 5.75 Å². The van der Waals surface area contributed by atoms with Crippen molar-refractivity contribution >= 4 is 17.8 Å². The smallest absolute Gasteiger partial charge is 0.344 e. The Bertz CT molecular complexity index is 584. The number of hydrazine groups is 1. The number of hydrogen-bond donors (Lipinski definition) is 2. The van der Waals surface area contributed by atoms with Crippen LogP contribution in [-0.2, 0) is 19.1 Å². The van der Waals surface area contributed by atoms with Crippen LogP contribution in [-0.4, -0.2) is 31.0 Å². The lowest BCUT2D eigenvalue weighted by atomic mass is 10.0. The van der Waals surface area contributed by atoms with E-state index in [1.54, 1.807) is 0 Å². The first kappa shape index (κ1) is 18.5. The van der Waals surface area contributed by atoms with Gasteiger partial charge in [-0.15, -0.1) is 0 Å². The zero-order valence-electron chi connectivity index (χ0n) is 13.8. The minimum Gasteiger partial charge on any atom is -0.482 e. The van der Waals surface area contributed by atoms with Crippen LogP contribution in [0.4, 0.5) is 0 Å². The maximum absolute atomic E-state index is 11.6. The van der Waals surface area contributed by atoms with Crippen LogP contribution in [0.2, 0.25) is 0 Å². The first-order valence-electron chi connectivity index (χ1n) is 7.24. The van der Waals surface area contributed by atoms with Gasteiger partial charge < -0.3 is 9.47 Å². The summed E-state index contributed by atoms with van der Waals surface area (Å²) < 4.78 is 10.2. The lowest BCUT2D eigenvalue weighted by Crippen LogP contribution is -2.42. The third-order valence-electron chi connectivity index (χ3n) is 2.97. The molecule has 0 aromatic heterocycles. The van der Waals surface area contributed by atoms with Gasteiger partial charge in [0.25, 0.3) is 5.91 Å². The second-order valence-electron chi connectivity index (χ2n) is 5.36. The third kappa shape index (κ3) is 6.82. The van der Waals surface area contributed by atoms with Gasteiger partial charge in [-0.1, -0.05) is 26.0 Å². The van der Waals surface area contributed by atoms with Crippen molar-refractivity contribution in [3.05, 3.63) is 29.3 Å². The van der Waals surface area contributed by atoms with Crippen LogP contribution in [0.15, 0.2) is 18.2 Å². The number of rotatable bonds is 6. The van der Waals surface area contributed by atoms with Gasteiger partial charge in [-0.05, 0) is 30.0 Å². The number of hydrogen-bond acceptors (Lipinski definition) is 5. The normalized spacial score (nSPS) is 10.1. The van der Waals surface area contributed by atoms with Gasteiger partial charge in [0.1, 0.15) is 5.75 Å². The van der Waals surface area contributed by atoms with Gasteiger partial charge in [0.15, 0.2) is 13.2 Å². The van der Waals surface area contributed by atoms with E-state index in [0.717, 1.165) is 11.1 Å². The summed E-state index contributed by atoms with van der Waals surface area (Å²) in [6, 6.07) is 5.82. The molecule has 126 valence electrons. The molecule has 2 amide bonds. The quantitative estimate of drug-likeness (QED) is 0.606. The Balaban J connectivity index is 2.43. The monoisotopic (exact) mass is 322 g/mol. The van der Waals surface area contributed by atoms with E-state index in [1.165, 1.54) is 6.92 Å². The van der Waals surface area contributed by atoms with E-state index in [1.807, 2.05) is 25.1 Å². The summed E-state index contributed by atoms with van der Waals surface area (Å²) in [5.74, 6) is -0.768. The standard InChI is InChI=1S/C16H22N2O5/c1-10(2)13-6-5-11(3)14(7-13)22-9-16(21)23-8-15(20)18-17-12(4)19/h5-7,10H,8-9H2,1-4H3,(H,17,19)(H,18,20). The Labute approximate surface area is 135 Å². The molecule has 7 heteroatoms. The molecule has 23 heavy (non-hydrogen) atoms. The number of carbonyl (C=O) groups is 3. The predicted octanol–water partition coefficient (Wildman–Crippen LogP) is 1.21. The summed E-state index contributed by atoms with van der Waals surface area (Å²) >= 11 is 0. The van der Waals surface area contributed by atoms with Crippen molar-refractivity contribution in [2.75, 3.05) is 13.2 Å². The van der Waals surface area contributed by atoms with E-state index in [4.69, 9.17) is 9.47 Å². The summed E-state index contributed by atoms with van der Waals surface area (Å²) in [6.45, 7) is 6.47. The van der Waals surface area contributed by atoms with Crippen molar-refractivity contribution < 1.29 is 23.9 Å². The van der Waals surface area contributed by atoms with Gasteiger partial charge in [-0.25, -0.2) is 4.79 Å². The van der Waals surface area contributed by atoms with Crippen molar-refractivity contribution in [2.45, 2.75) is 33.6 Å². The van der Waals surface area contributed by atoms with Crippen molar-refractivity contribution in [1.82, 2.24) is 10.9 Å². The Kier molecular flexibility index (Phi) is 7.05. The summed E-state index contributed by atoms with van der Waals surface area (Å²) in [6.07, 6.45) is 0. The Morgan fingerprint density at radius 2 is 1.83 bits per heavy atom. The largest absolute Gasteiger partial charge is 0.482 e. The van der Waals surface area contributed by atoms with Crippen LogP contribution in [0.3, 0.4) is 0 Å². The molecule has 0 radical (unpaired) electrons. The molecule has 7 nitrogen and oxygen atoms in total. The van der Waals surface area contributed by atoms with Gasteiger partial charge in [0, 0.05) is 6.92 Å². The molecule has 0 saturated heterocycles. The molecule has 1 rings (SSSR count). The van der Waals surface area contributed by atoms with Crippen LogP contribution >= 0.6 is 0 Å². The summed E-state index contributed by atoms with van der Waals surface area (Å²) in [7, 11) is 0. The van der Waals surface area contributed by atoms with Gasteiger partial charge in [-0.3, -0.25) is 20.4 Å². The number of ether oxygens (including phenoxy) is 2. The molecule has 1 aromatic carbocycles. The second-order valence-corrected chi connectivity index (χ2v) is 5.36. The lowest BCUT2D eigenvalue weighted by molar-refractivity contribution is -0.150.